The Balaban J connectivity index is 2.72. The first-order valence-corrected chi connectivity index (χ1v) is 4.79. The number of hydrogen-bond donors (Lipinski definition) is 1. The molecule has 0 bridgehead atoms. The zero-order valence-electron chi connectivity index (χ0n) is 9.20. The number of ether oxygens (including phenoxy) is 2. The van der Waals surface area contributed by atoms with Crippen molar-refractivity contribution < 1.29 is 18.7 Å². The molecule has 1 aromatic rings. The number of carbonyl (C=O) groups excluding carboxylic acids is 1. The van der Waals surface area contributed by atoms with E-state index in [0.717, 1.165) is 0 Å². The Bertz CT molecular complexity index is 379. The number of halogens is 1. The van der Waals surface area contributed by atoms with Gasteiger partial charge in [0.05, 0.1) is 7.11 Å². The third kappa shape index (κ3) is 3.20. The average Bonchev–Trinajstić information content (AvgIpc) is 2.26. The highest BCUT2D eigenvalue weighted by atomic mass is 19.1. The molecule has 4 nitrogen and oxygen atoms in total. The fourth-order valence-corrected chi connectivity index (χ4v) is 1.11. The van der Waals surface area contributed by atoms with Gasteiger partial charge < -0.3 is 15.2 Å². The molecule has 0 saturated carbocycles. The molecule has 0 heterocycles. The van der Waals surface area contributed by atoms with Crippen molar-refractivity contribution in [3.63, 3.8) is 0 Å². The molecule has 0 radical (unpaired) electrons. The third-order valence-corrected chi connectivity index (χ3v) is 2.05. The Hall–Kier alpha value is -1.62. The topological polar surface area (TPSA) is 61.5 Å². The van der Waals surface area contributed by atoms with E-state index in [1.54, 1.807) is 13.0 Å². The maximum Gasteiger partial charge on any atom is 0.343 e. The van der Waals surface area contributed by atoms with Gasteiger partial charge in [-0.1, -0.05) is 6.07 Å². The van der Waals surface area contributed by atoms with Crippen LogP contribution in [-0.4, -0.2) is 19.7 Å². The highest BCUT2D eigenvalue weighted by Crippen LogP contribution is 2.20. The summed E-state index contributed by atoms with van der Waals surface area (Å²) >= 11 is 0. The predicted octanol–water partition coefficient (Wildman–Crippen LogP) is 1.40. The number of carbonyl (C=O) groups is 1. The van der Waals surface area contributed by atoms with Crippen molar-refractivity contribution in [2.45, 2.75) is 13.0 Å². The second-order valence-corrected chi connectivity index (χ2v) is 3.34. The molecule has 88 valence electrons. The third-order valence-electron chi connectivity index (χ3n) is 2.05. The molecule has 1 atom stereocenters. The summed E-state index contributed by atoms with van der Waals surface area (Å²) in [4.78, 5) is 10.8. The molecule has 0 unspecified atom stereocenters. The molecule has 5 heteroatoms. The van der Waals surface area contributed by atoms with Gasteiger partial charge in [0.1, 0.15) is 0 Å². The van der Waals surface area contributed by atoms with Gasteiger partial charge in [-0.05, 0) is 24.6 Å². The lowest BCUT2D eigenvalue weighted by Crippen LogP contribution is -2.13. The van der Waals surface area contributed by atoms with E-state index in [1.165, 1.54) is 19.2 Å². The van der Waals surface area contributed by atoms with Crippen molar-refractivity contribution in [2.24, 2.45) is 5.73 Å². The first-order chi connectivity index (χ1) is 7.54. The van der Waals surface area contributed by atoms with Crippen molar-refractivity contribution in [3.05, 3.63) is 29.6 Å². The van der Waals surface area contributed by atoms with Crippen molar-refractivity contribution in [2.75, 3.05) is 13.7 Å². The summed E-state index contributed by atoms with van der Waals surface area (Å²) in [7, 11) is 1.24. The van der Waals surface area contributed by atoms with E-state index in [4.69, 9.17) is 10.5 Å². The van der Waals surface area contributed by atoms with Gasteiger partial charge in [0, 0.05) is 6.04 Å². The molecule has 0 aromatic heterocycles. The van der Waals surface area contributed by atoms with Crippen LogP contribution < -0.4 is 10.5 Å². The summed E-state index contributed by atoms with van der Waals surface area (Å²) in [5.41, 5.74) is 6.26. The molecule has 0 amide bonds. The highest BCUT2D eigenvalue weighted by molar-refractivity contribution is 5.70. The minimum Gasteiger partial charge on any atom is -0.479 e. The predicted molar refractivity (Wildman–Crippen MR) is 56.5 cm³/mol. The minimum atomic E-state index is -0.560. The quantitative estimate of drug-likeness (QED) is 0.790. The lowest BCUT2D eigenvalue weighted by atomic mass is 10.1. The van der Waals surface area contributed by atoms with Crippen LogP contribution in [0, 0.1) is 5.82 Å². The van der Waals surface area contributed by atoms with E-state index in [-0.39, 0.29) is 18.4 Å². The van der Waals surface area contributed by atoms with Crippen LogP contribution in [0.15, 0.2) is 18.2 Å². The molecule has 0 spiro atoms. The number of methoxy groups -OCH3 is 1. The van der Waals surface area contributed by atoms with Crippen LogP contribution in [0.3, 0.4) is 0 Å². The Morgan fingerprint density at radius 3 is 2.75 bits per heavy atom. The van der Waals surface area contributed by atoms with Gasteiger partial charge in [0.15, 0.2) is 18.2 Å². The summed E-state index contributed by atoms with van der Waals surface area (Å²) in [6.07, 6.45) is 0. The van der Waals surface area contributed by atoms with Gasteiger partial charge >= 0.3 is 5.97 Å². The molecule has 0 fully saturated rings. The molecule has 0 aliphatic heterocycles. The zero-order valence-corrected chi connectivity index (χ0v) is 9.20. The molecular formula is C11H14FNO3. The van der Waals surface area contributed by atoms with Crippen LogP contribution in [0.5, 0.6) is 5.75 Å². The Morgan fingerprint density at radius 1 is 1.56 bits per heavy atom. The molecule has 1 aromatic carbocycles. The molecule has 16 heavy (non-hydrogen) atoms. The number of benzene rings is 1. The summed E-state index contributed by atoms with van der Waals surface area (Å²) in [6.45, 7) is 1.44. The van der Waals surface area contributed by atoms with Gasteiger partial charge in [-0.2, -0.15) is 0 Å². The van der Waals surface area contributed by atoms with Crippen molar-refractivity contribution in [1.82, 2.24) is 0 Å². The standard InChI is InChI=1S/C11H14FNO3/c1-7(13)8-3-4-10(9(12)5-8)16-6-11(14)15-2/h3-5,7H,6,13H2,1-2H3/t7-/m1/s1. The van der Waals surface area contributed by atoms with Crippen LogP contribution >= 0.6 is 0 Å². The molecule has 2 N–H and O–H groups in total. The fraction of sp³-hybridized carbons (Fsp3) is 0.364. The summed E-state index contributed by atoms with van der Waals surface area (Å²) < 4.78 is 22.7. The number of rotatable bonds is 4. The summed E-state index contributed by atoms with van der Waals surface area (Å²) in [6, 6.07) is 4.14. The van der Waals surface area contributed by atoms with Crippen molar-refractivity contribution >= 4 is 5.97 Å². The minimum absolute atomic E-state index is 0.00907. The number of nitrogens with two attached hydrogens (primary N) is 1. The van der Waals surface area contributed by atoms with Crippen molar-refractivity contribution in [3.8, 4) is 5.75 Å². The molecule has 0 saturated heterocycles. The molecule has 0 aliphatic carbocycles. The second-order valence-electron chi connectivity index (χ2n) is 3.34. The maximum absolute atomic E-state index is 13.4. The molecular weight excluding hydrogens is 213 g/mol. The molecule has 1 rings (SSSR count). The van der Waals surface area contributed by atoms with Crippen molar-refractivity contribution in [1.29, 1.82) is 0 Å². The average molecular weight is 227 g/mol. The van der Waals surface area contributed by atoms with Crippen LogP contribution in [0.2, 0.25) is 0 Å². The van der Waals surface area contributed by atoms with Gasteiger partial charge in [-0.3, -0.25) is 0 Å². The Labute approximate surface area is 93.2 Å². The van der Waals surface area contributed by atoms with E-state index < -0.39 is 11.8 Å². The number of esters is 1. The summed E-state index contributed by atoms with van der Waals surface area (Å²) in [5, 5.41) is 0. The first kappa shape index (κ1) is 12.4. The number of hydrogen-bond acceptors (Lipinski definition) is 4. The van der Waals surface area contributed by atoms with Crippen LogP contribution in [0.25, 0.3) is 0 Å². The van der Waals surface area contributed by atoms with E-state index in [1.807, 2.05) is 0 Å². The maximum atomic E-state index is 13.4. The largest absolute Gasteiger partial charge is 0.479 e. The van der Waals surface area contributed by atoms with E-state index in [2.05, 4.69) is 4.74 Å². The Kier molecular flexibility index (Phi) is 4.25. The van der Waals surface area contributed by atoms with Crippen LogP contribution in [0.1, 0.15) is 18.5 Å². The monoisotopic (exact) mass is 227 g/mol. The van der Waals surface area contributed by atoms with E-state index in [9.17, 15) is 9.18 Å². The lowest BCUT2D eigenvalue weighted by molar-refractivity contribution is -0.142. The van der Waals surface area contributed by atoms with E-state index >= 15 is 0 Å². The van der Waals surface area contributed by atoms with Gasteiger partial charge in [0.2, 0.25) is 0 Å². The normalized spacial score (nSPS) is 12.0. The van der Waals surface area contributed by atoms with Crippen LogP contribution in [0.4, 0.5) is 4.39 Å². The fourth-order valence-electron chi connectivity index (χ4n) is 1.11. The van der Waals surface area contributed by atoms with Crippen LogP contribution in [-0.2, 0) is 9.53 Å². The van der Waals surface area contributed by atoms with Gasteiger partial charge in [-0.25, -0.2) is 9.18 Å². The first-order valence-electron chi connectivity index (χ1n) is 4.79. The lowest BCUT2D eigenvalue weighted by Gasteiger charge is -2.09. The Morgan fingerprint density at radius 2 is 2.25 bits per heavy atom. The second kappa shape index (κ2) is 5.46. The molecule has 0 aliphatic rings. The highest BCUT2D eigenvalue weighted by Gasteiger charge is 2.09. The van der Waals surface area contributed by atoms with Gasteiger partial charge in [0.25, 0.3) is 0 Å². The van der Waals surface area contributed by atoms with E-state index in [0.29, 0.717) is 5.56 Å². The summed E-state index contributed by atoms with van der Waals surface area (Å²) in [5.74, 6) is -1.09. The SMILES string of the molecule is COC(=O)COc1ccc([C@@H](C)N)cc1F. The zero-order chi connectivity index (χ0) is 12.1. The van der Waals surface area contributed by atoms with Gasteiger partial charge in [-0.15, -0.1) is 0 Å². The smallest absolute Gasteiger partial charge is 0.343 e.